The molecule has 0 saturated carbocycles. The van der Waals surface area contributed by atoms with Crippen molar-refractivity contribution in [2.24, 2.45) is 0 Å². The Balaban J connectivity index is 1.28. The summed E-state index contributed by atoms with van der Waals surface area (Å²) in [5.74, 6) is 3.10. The number of aromatic nitrogens is 5. The second-order valence-electron chi connectivity index (χ2n) is 6.07. The Morgan fingerprint density at radius 1 is 1.11 bits per heavy atom. The fourth-order valence-electron chi connectivity index (χ4n) is 2.73. The van der Waals surface area contributed by atoms with Crippen LogP contribution in [-0.2, 0) is 19.3 Å². The van der Waals surface area contributed by atoms with E-state index in [1.165, 1.54) is 5.56 Å². The lowest BCUT2D eigenvalue weighted by Crippen LogP contribution is -2.03. The number of hydrogen-bond donors (Lipinski definition) is 1. The first kappa shape index (κ1) is 17.4. The largest absolute Gasteiger partial charge is 0.493 e. The van der Waals surface area contributed by atoms with Crippen LogP contribution in [0.5, 0.6) is 5.75 Å². The molecule has 3 heterocycles. The number of hydrogen-bond acceptors (Lipinski definition) is 7. The summed E-state index contributed by atoms with van der Waals surface area (Å²) in [4.78, 5) is 5.63. The van der Waals surface area contributed by atoms with E-state index in [0.717, 1.165) is 40.7 Å². The Morgan fingerprint density at radius 3 is 2.74 bits per heavy atom. The number of nitrogens with one attached hydrogen (secondary N) is 1. The van der Waals surface area contributed by atoms with E-state index >= 15 is 0 Å². The van der Waals surface area contributed by atoms with Crippen molar-refractivity contribution in [3.63, 3.8) is 0 Å². The zero-order valence-corrected chi connectivity index (χ0v) is 15.7. The van der Waals surface area contributed by atoms with Crippen molar-refractivity contribution in [1.82, 2.24) is 25.6 Å². The molecule has 3 aromatic heterocycles. The highest BCUT2D eigenvalue weighted by atomic mass is 32.1. The van der Waals surface area contributed by atoms with Gasteiger partial charge in [-0.15, -0.1) is 21.5 Å². The molecule has 1 aromatic carbocycles. The molecule has 0 amide bonds. The molecular weight excluding hydrogens is 362 g/mol. The van der Waals surface area contributed by atoms with Crippen LogP contribution in [0.2, 0.25) is 0 Å². The van der Waals surface area contributed by atoms with Gasteiger partial charge >= 0.3 is 0 Å². The Bertz CT molecular complexity index is 962. The van der Waals surface area contributed by atoms with Crippen LogP contribution in [-0.4, -0.2) is 32.2 Å². The molecule has 8 heteroatoms. The number of aryl methyl sites for hydroxylation is 3. The van der Waals surface area contributed by atoms with Gasteiger partial charge in [0.1, 0.15) is 11.5 Å². The number of oxazole rings is 1. The van der Waals surface area contributed by atoms with Gasteiger partial charge in [0, 0.05) is 12.8 Å². The average Bonchev–Trinajstić information content (AvgIpc) is 3.44. The highest BCUT2D eigenvalue weighted by molar-refractivity contribution is 7.13. The fraction of sp³-hybridized carbons (Fsp3) is 0.263. The third-order valence-corrected chi connectivity index (χ3v) is 5.04. The van der Waals surface area contributed by atoms with Crippen molar-refractivity contribution in [1.29, 1.82) is 0 Å². The first-order valence-corrected chi connectivity index (χ1v) is 9.60. The van der Waals surface area contributed by atoms with Crippen LogP contribution in [0.15, 0.2) is 46.2 Å². The molecule has 27 heavy (non-hydrogen) atoms. The quantitative estimate of drug-likeness (QED) is 0.501. The number of aromatic amines is 1. The predicted octanol–water partition coefficient (Wildman–Crippen LogP) is 3.63. The third-order valence-electron chi connectivity index (χ3n) is 4.18. The van der Waals surface area contributed by atoms with E-state index in [0.29, 0.717) is 18.9 Å². The third kappa shape index (κ3) is 4.40. The molecule has 0 aliphatic heterocycles. The van der Waals surface area contributed by atoms with Gasteiger partial charge < -0.3 is 9.15 Å². The summed E-state index contributed by atoms with van der Waals surface area (Å²) in [7, 11) is 0. The van der Waals surface area contributed by atoms with E-state index in [4.69, 9.17) is 9.15 Å². The Hall–Kier alpha value is -3.00. The predicted molar refractivity (Wildman–Crippen MR) is 102 cm³/mol. The van der Waals surface area contributed by atoms with Gasteiger partial charge in [-0.05, 0) is 42.5 Å². The average molecular weight is 381 g/mol. The molecule has 0 aliphatic carbocycles. The van der Waals surface area contributed by atoms with Crippen LogP contribution < -0.4 is 4.74 Å². The van der Waals surface area contributed by atoms with Gasteiger partial charge in [-0.25, -0.2) is 4.98 Å². The normalized spacial score (nSPS) is 11.0. The maximum atomic E-state index is 5.85. The monoisotopic (exact) mass is 381 g/mol. The van der Waals surface area contributed by atoms with Gasteiger partial charge in [0.25, 0.3) is 0 Å². The van der Waals surface area contributed by atoms with Crippen LogP contribution in [0.4, 0.5) is 0 Å². The summed E-state index contributed by atoms with van der Waals surface area (Å²) < 4.78 is 11.6. The van der Waals surface area contributed by atoms with Crippen LogP contribution in [0.25, 0.3) is 10.8 Å². The van der Waals surface area contributed by atoms with Crippen molar-refractivity contribution < 1.29 is 9.15 Å². The summed E-state index contributed by atoms with van der Waals surface area (Å²) in [5, 5.41) is 16.0. The van der Waals surface area contributed by atoms with Crippen molar-refractivity contribution in [3.8, 4) is 16.5 Å². The minimum absolute atomic E-state index is 0.555. The Kier molecular flexibility index (Phi) is 5.24. The molecule has 1 N–H and O–H groups in total. The lowest BCUT2D eigenvalue weighted by molar-refractivity contribution is 0.320. The number of tetrazole rings is 1. The maximum Gasteiger partial charge on any atom is 0.236 e. The molecule has 0 bridgehead atoms. The molecule has 0 saturated heterocycles. The van der Waals surface area contributed by atoms with E-state index in [1.54, 1.807) is 11.3 Å². The Labute approximate surface area is 160 Å². The zero-order chi connectivity index (χ0) is 18.5. The molecule has 0 unspecified atom stereocenters. The molecule has 4 rings (SSSR count). The number of rotatable bonds is 8. The topological polar surface area (TPSA) is 89.7 Å². The van der Waals surface area contributed by atoms with Crippen LogP contribution in [0, 0.1) is 6.92 Å². The summed E-state index contributed by atoms with van der Waals surface area (Å²) >= 11 is 1.62. The SMILES string of the molecule is Cc1oc(-c2cccs2)nc1CCOc1ccc(CCc2nn[nH]n2)cc1. The number of H-pyrrole nitrogens is 1. The minimum atomic E-state index is 0.555. The van der Waals surface area contributed by atoms with Gasteiger partial charge in [0.15, 0.2) is 5.82 Å². The Morgan fingerprint density at radius 2 is 2.00 bits per heavy atom. The smallest absolute Gasteiger partial charge is 0.236 e. The van der Waals surface area contributed by atoms with Gasteiger partial charge in [-0.3, -0.25) is 0 Å². The standard InChI is InChI=1S/C19H19N5O2S/c1-13-16(20-19(26-13)17-3-2-12-27-17)10-11-25-15-7-4-14(5-8-15)6-9-18-21-23-24-22-18/h2-5,7-8,12H,6,9-11H2,1H3,(H,21,22,23,24). The highest BCUT2D eigenvalue weighted by Gasteiger charge is 2.12. The van der Waals surface area contributed by atoms with Gasteiger partial charge in [-0.2, -0.15) is 5.21 Å². The molecule has 138 valence electrons. The lowest BCUT2D eigenvalue weighted by atomic mass is 10.1. The number of ether oxygens (including phenoxy) is 1. The van der Waals surface area contributed by atoms with E-state index < -0.39 is 0 Å². The summed E-state index contributed by atoms with van der Waals surface area (Å²) in [6.45, 7) is 2.50. The number of benzene rings is 1. The van der Waals surface area contributed by atoms with E-state index in [2.05, 4.69) is 37.7 Å². The fourth-order valence-corrected chi connectivity index (χ4v) is 3.38. The van der Waals surface area contributed by atoms with E-state index in [1.807, 2.05) is 36.6 Å². The van der Waals surface area contributed by atoms with Crippen molar-refractivity contribution in [2.75, 3.05) is 6.61 Å². The van der Waals surface area contributed by atoms with Gasteiger partial charge in [-0.1, -0.05) is 23.4 Å². The summed E-state index contributed by atoms with van der Waals surface area (Å²) in [6, 6.07) is 12.1. The molecule has 0 spiro atoms. The number of thiophene rings is 1. The summed E-state index contributed by atoms with van der Waals surface area (Å²) in [5.41, 5.74) is 2.15. The van der Waals surface area contributed by atoms with Crippen molar-refractivity contribution in [2.45, 2.75) is 26.2 Å². The maximum absolute atomic E-state index is 5.85. The zero-order valence-electron chi connectivity index (χ0n) is 14.9. The molecule has 7 nitrogen and oxygen atoms in total. The molecular formula is C19H19N5O2S. The molecule has 0 atom stereocenters. The molecule has 0 fully saturated rings. The van der Waals surface area contributed by atoms with Crippen LogP contribution >= 0.6 is 11.3 Å². The van der Waals surface area contributed by atoms with Crippen LogP contribution in [0.1, 0.15) is 22.8 Å². The lowest BCUT2D eigenvalue weighted by Gasteiger charge is -2.06. The van der Waals surface area contributed by atoms with Crippen molar-refractivity contribution >= 4 is 11.3 Å². The summed E-state index contributed by atoms with van der Waals surface area (Å²) in [6.07, 6.45) is 2.33. The first-order valence-electron chi connectivity index (χ1n) is 8.72. The molecule has 4 aromatic rings. The van der Waals surface area contributed by atoms with Gasteiger partial charge in [0.05, 0.1) is 17.2 Å². The minimum Gasteiger partial charge on any atom is -0.493 e. The molecule has 0 radical (unpaired) electrons. The first-order chi connectivity index (χ1) is 13.3. The highest BCUT2D eigenvalue weighted by Crippen LogP contribution is 2.26. The van der Waals surface area contributed by atoms with Gasteiger partial charge in [0.2, 0.25) is 5.89 Å². The van der Waals surface area contributed by atoms with Crippen molar-refractivity contribution in [3.05, 3.63) is 64.6 Å². The van der Waals surface area contributed by atoms with Crippen LogP contribution in [0.3, 0.4) is 0 Å². The molecule has 0 aliphatic rings. The second-order valence-corrected chi connectivity index (χ2v) is 7.02. The van der Waals surface area contributed by atoms with E-state index in [-0.39, 0.29) is 0 Å². The second kappa shape index (κ2) is 8.13. The number of nitrogens with zero attached hydrogens (tertiary/aromatic N) is 4. The van der Waals surface area contributed by atoms with E-state index in [9.17, 15) is 0 Å².